The van der Waals surface area contributed by atoms with Gasteiger partial charge in [0.05, 0.1) is 0 Å². The van der Waals surface area contributed by atoms with E-state index in [0.29, 0.717) is 25.6 Å². The molecule has 2 aliphatic rings. The van der Waals surface area contributed by atoms with Gasteiger partial charge in [0.1, 0.15) is 12.1 Å². The van der Waals surface area contributed by atoms with E-state index in [1.165, 1.54) is 4.90 Å². The second-order valence-corrected chi connectivity index (χ2v) is 7.31. The van der Waals surface area contributed by atoms with Crippen molar-refractivity contribution in [2.24, 2.45) is 5.92 Å². The van der Waals surface area contributed by atoms with E-state index in [9.17, 15) is 9.59 Å². The second kappa shape index (κ2) is 9.03. The molecule has 1 heterocycles. The molecule has 3 rings (SSSR count). The molecular weight excluding hydrogens is 332 g/mol. The van der Waals surface area contributed by atoms with Crippen LogP contribution in [0, 0.1) is 5.92 Å². The zero-order valence-electron chi connectivity index (χ0n) is 15.1. The molecule has 0 bridgehead atoms. The molecular formula is C20H28N2O4. The van der Waals surface area contributed by atoms with Crippen LogP contribution in [0.5, 0.6) is 0 Å². The zero-order chi connectivity index (χ0) is 18.4. The number of piperidine rings is 1. The summed E-state index contributed by atoms with van der Waals surface area (Å²) in [6.45, 7) is 1.81. The largest absolute Gasteiger partial charge is 0.465 e. The van der Waals surface area contributed by atoms with Crippen molar-refractivity contribution in [3.05, 3.63) is 35.9 Å². The van der Waals surface area contributed by atoms with Crippen molar-refractivity contribution >= 4 is 12.1 Å². The van der Waals surface area contributed by atoms with E-state index < -0.39 is 12.1 Å². The Morgan fingerprint density at radius 1 is 1.12 bits per heavy atom. The number of ether oxygens (including phenoxy) is 1. The molecule has 1 saturated heterocycles. The lowest BCUT2D eigenvalue weighted by atomic mass is 9.96. The lowest BCUT2D eigenvalue weighted by Crippen LogP contribution is -2.41. The molecule has 0 aromatic heterocycles. The average Bonchev–Trinajstić information content (AvgIpc) is 3.16. The molecule has 142 valence electrons. The van der Waals surface area contributed by atoms with Gasteiger partial charge in [-0.1, -0.05) is 30.3 Å². The first kappa shape index (κ1) is 18.7. The fourth-order valence-electron chi connectivity index (χ4n) is 3.83. The lowest BCUT2D eigenvalue weighted by molar-refractivity contribution is -0.151. The highest BCUT2D eigenvalue weighted by atomic mass is 16.5. The number of carbonyl (C=O) groups is 2. The van der Waals surface area contributed by atoms with Crippen molar-refractivity contribution in [3.63, 3.8) is 0 Å². The van der Waals surface area contributed by atoms with Crippen molar-refractivity contribution in [2.75, 3.05) is 19.6 Å². The molecule has 2 N–H and O–H groups in total. The van der Waals surface area contributed by atoms with E-state index in [4.69, 9.17) is 9.84 Å². The number of likely N-dealkylation sites (tertiary alicyclic amines) is 1. The lowest BCUT2D eigenvalue weighted by Gasteiger charge is -2.31. The number of rotatable bonds is 6. The molecule has 1 aromatic carbocycles. The summed E-state index contributed by atoms with van der Waals surface area (Å²) < 4.78 is 5.73. The van der Waals surface area contributed by atoms with E-state index in [-0.39, 0.29) is 12.1 Å². The zero-order valence-corrected chi connectivity index (χ0v) is 15.1. The van der Waals surface area contributed by atoms with Gasteiger partial charge in [0.25, 0.3) is 0 Å². The predicted octanol–water partition coefficient (Wildman–Crippen LogP) is 3.19. The van der Waals surface area contributed by atoms with Gasteiger partial charge in [-0.25, -0.2) is 9.59 Å². The summed E-state index contributed by atoms with van der Waals surface area (Å²) in [6.07, 6.45) is 5.01. The Morgan fingerprint density at radius 3 is 2.38 bits per heavy atom. The Kier molecular flexibility index (Phi) is 6.50. The van der Waals surface area contributed by atoms with E-state index in [1.807, 2.05) is 30.3 Å². The summed E-state index contributed by atoms with van der Waals surface area (Å²) in [4.78, 5) is 25.2. The van der Waals surface area contributed by atoms with E-state index in [1.54, 1.807) is 0 Å². The third kappa shape index (κ3) is 4.97. The molecule has 26 heavy (non-hydrogen) atoms. The Balaban J connectivity index is 1.57. The molecule has 0 radical (unpaired) electrons. The first-order chi connectivity index (χ1) is 12.6. The molecule has 6 nitrogen and oxygen atoms in total. The number of amides is 1. The Bertz CT molecular complexity index is 593. The van der Waals surface area contributed by atoms with Gasteiger partial charge >= 0.3 is 12.1 Å². The number of benzene rings is 1. The topological polar surface area (TPSA) is 78.9 Å². The molecule has 2 fully saturated rings. The van der Waals surface area contributed by atoms with Crippen LogP contribution in [0.2, 0.25) is 0 Å². The maximum Gasteiger partial charge on any atom is 0.407 e. The van der Waals surface area contributed by atoms with Crippen LogP contribution in [0.15, 0.2) is 30.3 Å². The summed E-state index contributed by atoms with van der Waals surface area (Å²) in [7, 11) is 0. The summed E-state index contributed by atoms with van der Waals surface area (Å²) >= 11 is 0. The van der Waals surface area contributed by atoms with Gasteiger partial charge in [-0.3, -0.25) is 0 Å². The standard InChI is InChI=1S/C20H28N2O4/c23-19(26-17-8-4-5-9-17)18(16-6-2-1-3-7-16)21-14-15-10-12-22(13-11-15)20(24)25/h1-3,6-7,15,17-18,21H,4-5,8-14H2,(H,24,25)/t18-/m0/s1. The highest BCUT2D eigenvalue weighted by molar-refractivity contribution is 5.77. The summed E-state index contributed by atoms with van der Waals surface area (Å²) in [5, 5.41) is 12.4. The minimum atomic E-state index is -0.848. The third-order valence-electron chi connectivity index (χ3n) is 5.45. The van der Waals surface area contributed by atoms with Gasteiger partial charge in [-0.15, -0.1) is 0 Å². The van der Waals surface area contributed by atoms with Gasteiger partial charge in [0.2, 0.25) is 0 Å². The average molecular weight is 360 g/mol. The van der Waals surface area contributed by atoms with Crippen LogP contribution >= 0.6 is 0 Å². The number of hydrogen-bond donors (Lipinski definition) is 2. The quantitative estimate of drug-likeness (QED) is 0.762. The molecule has 0 unspecified atom stereocenters. The molecule has 1 aromatic rings. The van der Waals surface area contributed by atoms with Gasteiger partial charge < -0.3 is 20.1 Å². The van der Waals surface area contributed by atoms with Crippen LogP contribution in [0.3, 0.4) is 0 Å². The smallest absolute Gasteiger partial charge is 0.407 e. The first-order valence-electron chi connectivity index (χ1n) is 9.60. The number of esters is 1. The molecule has 0 spiro atoms. The number of carboxylic acid groups (broad SMARTS) is 1. The number of hydrogen-bond acceptors (Lipinski definition) is 4. The minimum absolute atomic E-state index is 0.0503. The second-order valence-electron chi connectivity index (χ2n) is 7.31. The van der Waals surface area contributed by atoms with Gasteiger partial charge in [0, 0.05) is 13.1 Å². The van der Waals surface area contributed by atoms with Crippen LogP contribution in [0.4, 0.5) is 4.79 Å². The maximum absolute atomic E-state index is 12.7. The van der Waals surface area contributed by atoms with E-state index in [0.717, 1.165) is 44.1 Å². The van der Waals surface area contributed by atoms with Crippen LogP contribution in [0.25, 0.3) is 0 Å². The SMILES string of the molecule is O=C(OC1CCCC1)[C@@H](NCC1CCN(C(=O)O)CC1)c1ccccc1. The predicted molar refractivity (Wildman–Crippen MR) is 97.9 cm³/mol. The van der Waals surface area contributed by atoms with Crippen LogP contribution in [0.1, 0.15) is 50.1 Å². The molecule has 1 aliphatic heterocycles. The summed E-state index contributed by atoms with van der Waals surface area (Å²) in [5.41, 5.74) is 0.915. The monoisotopic (exact) mass is 360 g/mol. The summed E-state index contributed by atoms with van der Waals surface area (Å²) in [5.74, 6) is 0.169. The van der Waals surface area contributed by atoms with Gasteiger partial charge in [0.15, 0.2) is 0 Å². The Hall–Kier alpha value is -2.08. The van der Waals surface area contributed by atoms with Gasteiger partial charge in [-0.05, 0) is 56.6 Å². The van der Waals surface area contributed by atoms with E-state index in [2.05, 4.69) is 5.32 Å². The van der Waals surface area contributed by atoms with Gasteiger partial charge in [-0.2, -0.15) is 0 Å². The number of carbonyl (C=O) groups excluding carboxylic acids is 1. The highest BCUT2D eigenvalue weighted by Crippen LogP contribution is 2.25. The first-order valence-corrected chi connectivity index (χ1v) is 9.60. The minimum Gasteiger partial charge on any atom is -0.465 e. The normalized spacial score (nSPS) is 20.1. The van der Waals surface area contributed by atoms with E-state index >= 15 is 0 Å². The van der Waals surface area contributed by atoms with Crippen LogP contribution < -0.4 is 5.32 Å². The summed E-state index contributed by atoms with van der Waals surface area (Å²) in [6, 6.07) is 9.22. The van der Waals surface area contributed by atoms with Crippen LogP contribution in [-0.2, 0) is 9.53 Å². The van der Waals surface area contributed by atoms with Crippen molar-refractivity contribution in [1.82, 2.24) is 10.2 Å². The van der Waals surface area contributed by atoms with Crippen molar-refractivity contribution in [3.8, 4) is 0 Å². The van der Waals surface area contributed by atoms with Crippen LogP contribution in [-0.4, -0.2) is 47.8 Å². The Labute approximate surface area is 154 Å². The molecule has 1 amide bonds. The highest BCUT2D eigenvalue weighted by Gasteiger charge is 2.28. The molecule has 6 heteroatoms. The number of nitrogens with zero attached hydrogens (tertiary/aromatic N) is 1. The molecule has 1 atom stereocenters. The van der Waals surface area contributed by atoms with Crippen molar-refractivity contribution in [1.29, 1.82) is 0 Å². The molecule has 1 aliphatic carbocycles. The molecule has 1 saturated carbocycles. The fraction of sp³-hybridized carbons (Fsp3) is 0.600. The fourth-order valence-corrected chi connectivity index (χ4v) is 3.83. The van der Waals surface area contributed by atoms with Crippen molar-refractivity contribution in [2.45, 2.75) is 50.7 Å². The number of nitrogens with one attached hydrogen (secondary N) is 1. The van der Waals surface area contributed by atoms with Crippen molar-refractivity contribution < 1.29 is 19.4 Å². The maximum atomic E-state index is 12.7. The third-order valence-corrected chi connectivity index (χ3v) is 5.45. The Morgan fingerprint density at radius 2 is 1.77 bits per heavy atom.